The number of carboxylic acids is 1. The molecule has 27 heavy (non-hydrogen) atoms. The Morgan fingerprint density at radius 1 is 1.26 bits per heavy atom. The van der Waals surface area contributed by atoms with Crippen LogP contribution in [0.2, 0.25) is 0 Å². The Balaban J connectivity index is 0.000000321. The van der Waals surface area contributed by atoms with Crippen molar-refractivity contribution in [2.24, 2.45) is 11.8 Å². The van der Waals surface area contributed by atoms with Crippen LogP contribution in [0, 0.1) is 11.8 Å². The van der Waals surface area contributed by atoms with E-state index in [1.165, 1.54) is 30.6 Å². The number of hydrogen-bond acceptors (Lipinski definition) is 4. The number of aliphatic hydroxyl groups excluding tert-OH is 1. The van der Waals surface area contributed by atoms with Gasteiger partial charge >= 0.3 is 12.1 Å². The van der Waals surface area contributed by atoms with Gasteiger partial charge in [0.25, 0.3) is 0 Å². The summed E-state index contributed by atoms with van der Waals surface area (Å²) in [6.45, 7) is 3.40. The van der Waals surface area contributed by atoms with Gasteiger partial charge in [0.05, 0.1) is 5.69 Å². The molecule has 1 unspecified atom stereocenters. The quantitative estimate of drug-likeness (QED) is 0.626. The van der Waals surface area contributed by atoms with Crippen LogP contribution in [0.4, 0.5) is 24.5 Å². The molecule has 0 aromatic heterocycles. The molecule has 0 radical (unpaired) electrons. The predicted molar refractivity (Wildman–Crippen MR) is 101 cm³/mol. The lowest BCUT2D eigenvalue weighted by Gasteiger charge is -2.26. The summed E-state index contributed by atoms with van der Waals surface area (Å²) in [4.78, 5) is 11.3. The fourth-order valence-electron chi connectivity index (χ4n) is 3.03. The van der Waals surface area contributed by atoms with Crippen molar-refractivity contribution in [2.45, 2.75) is 31.9 Å². The van der Waals surface area contributed by atoms with Crippen LogP contribution >= 0.6 is 15.9 Å². The number of alkyl halides is 3. The van der Waals surface area contributed by atoms with Gasteiger partial charge in [0, 0.05) is 42.3 Å². The van der Waals surface area contributed by atoms with Crippen LogP contribution in [0.5, 0.6) is 0 Å². The summed E-state index contributed by atoms with van der Waals surface area (Å²) in [5.74, 6) is -1.46. The van der Waals surface area contributed by atoms with Gasteiger partial charge in [-0.3, -0.25) is 0 Å². The third-order valence-electron chi connectivity index (χ3n) is 4.89. The molecule has 1 aromatic carbocycles. The van der Waals surface area contributed by atoms with Gasteiger partial charge < -0.3 is 20.4 Å². The van der Waals surface area contributed by atoms with Crippen molar-refractivity contribution in [3.63, 3.8) is 0 Å². The van der Waals surface area contributed by atoms with Gasteiger partial charge in [-0.15, -0.1) is 0 Å². The molecule has 1 atom stereocenters. The third-order valence-corrected chi connectivity index (χ3v) is 5.53. The second-order valence-corrected chi connectivity index (χ2v) is 7.78. The van der Waals surface area contributed by atoms with Crippen LogP contribution in [0.15, 0.2) is 22.7 Å². The van der Waals surface area contributed by atoms with Gasteiger partial charge in [-0.25, -0.2) is 4.79 Å². The fourth-order valence-corrected chi connectivity index (χ4v) is 3.66. The van der Waals surface area contributed by atoms with Crippen LogP contribution in [0.1, 0.15) is 25.7 Å². The minimum absolute atomic E-state index is 0.301. The first kappa shape index (κ1) is 21.8. The number of aliphatic hydroxyl groups is 1. The molecule has 1 aliphatic heterocycles. The first-order chi connectivity index (χ1) is 12.7. The molecule has 1 aromatic rings. The molecule has 0 amide bonds. The van der Waals surface area contributed by atoms with Gasteiger partial charge in [0.15, 0.2) is 0 Å². The molecule has 2 fully saturated rings. The Morgan fingerprint density at radius 2 is 1.93 bits per heavy atom. The van der Waals surface area contributed by atoms with Crippen molar-refractivity contribution in [1.29, 1.82) is 0 Å². The highest BCUT2D eigenvalue weighted by Crippen LogP contribution is 2.33. The molecule has 1 saturated heterocycles. The Morgan fingerprint density at radius 3 is 2.37 bits per heavy atom. The van der Waals surface area contributed by atoms with Gasteiger partial charge in [0.1, 0.15) is 0 Å². The maximum absolute atomic E-state index is 10.6. The first-order valence-electron chi connectivity index (χ1n) is 8.90. The second kappa shape index (κ2) is 9.64. The Labute approximate surface area is 164 Å². The Hall–Kier alpha value is -1.48. The number of anilines is 2. The summed E-state index contributed by atoms with van der Waals surface area (Å²) < 4.78 is 32.9. The van der Waals surface area contributed by atoms with E-state index in [1.807, 2.05) is 0 Å². The largest absolute Gasteiger partial charge is 0.490 e. The molecule has 0 bridgehead atoms. The van der Waals surface area contributed by atoms with Crippen molar-refractivity contribution in [1.82, 2.24) is 0 Å². The highest BCUT2D eigenvalue weighted by Gasteiger charge is 2.38. The first-order valence-corrected chi connectivity index (χ1v) is 9.69. The maximum Gasteiger partial charge on any atom is 0.490 e. The molecule has 3 rings (SSSR count). The van der Waals surface area contributed by atoms with Crippen molar-refractivity contribution in [3.05, 3.63) is 22.7 Å². The van der Waals surface area contributed by atoms with E-state index in [-0.39, 0.29) is 0 Å². The van der Waals surface area contributed by atoms with E-state index in [1.54, 1.807) is 0 Å². The zero-order valence-corrected chi connectivity index (χ0v) is 16.4. The second-order valence-electron chi connectivity index (χ2n) is 6.93. The highest BCUT2D eigenvalue weighted by molar-refractivity contribution is 9.10. The number of halogens is 4. The van der Waals surface area contributed by atoms with E-state index in [9.17, 15) is 18.3 Å². The van der Waals surface area contributed by atoms with Crippen LogP contribution in [0.3, 0.4) is 0 Å². The summed E-state index contributed by atoms with van der Waals surface area (Å²) in [7, 11) is 0. The predicted octanol–water partition coefficient (Wildman–Crippen LogP) is 4.11. The number of aliphatic carboxylic acids is 1. The van der Waals surface area contributed by atoms with E-state index in [2.05, 4.69) is 44.3 Å². The summed E-state index contributed by atoms with van der Waals surface area (Å²) >= 11 is 3.69. The minimum Gasteiger partial charge on any atom is -0.475 e. The third kappa shape index (κ3) is 6.57. The molecule has 1 saturated carbocycles. The van der Waals surface area contributed by atoms with E-state index >= 15 is 0 Å². The molecule has 9 heteroatoms. The number of rotatable bonds is 5. The van der Waals surface area contributed by atoms with Crippen LogP contribution in [-0.4, -0.2) is 48.6 Å². The van der Waals surface area contributed by atoms with E-state index in [0.717, 1.165) is 36.4 Å². The van der Waals surface area contributed by atoms with Gasteiger partial charge in [-0.2, -0.15) is 13.2 Å². The molecule has 1 heterocycles. The Kier molecular flexibility index (Phi) is 7.79. The van der Waals surface area contributed by atoms with Crippen molar-refractivity contribution < 1.29 is 28.2 Å². The lowest BCUT2D eigenvalue weighted by molar-refractivity contribution is -0.192. The topological polar surface area (TPSA) is 72.8 Å². The molecular weight excluding hydrogens is 429 g/mol. The van der Waals surface area contributed by atoms with Crippen molar-refractivity contribution >= 4 is 33.3 Å². The minimum atomic E-state index is -5.08. The van der Waals surface area contributed by atoms with E-state index < -0.39 is 12.1 Å². The van der Waals surface area contributed by atoms with E-state index in [4.69, 9.17) is 9.90 Å². The molecule has 3 N–H and O–H groups in total. The lowest BCUT2D eigenvalue weighted by Crippen LogP contribution is -2.22. The van der Waals surface area contributed by atoms with Crippen LogP contribution < -0.4 is 10.2 Å². The number of benzene rings is 1. The zero-order chi connectivity index (χ0) is 20.0. The smallest absolute Gasteiger partial charge is 0.475 e. The summed E-state index contributed by atoms with van der Waals surface area (Å²) in [5.41, 5.74) is 2.44. The van der Waals surface area contributed by atoms with E-state index in [0.29, 0.717) is 12.5 Å². The van der Waals surface area contributed by atoms with Crippen LogP contribution in [0.25, 0.3) is 0 Å². The maximum atomic E-state index is 10.6. The van der Waals surface area contributed by atoms with Crippen molar-refractivity contribution in [2.75, 3.05) is 36.5 Å². The molecular formula is C18H24BrF3N2O3. The van der Waals surface area contributed by atoms with Crippen molar-refractivity contribution in [3.8, 4) is 0 Å². The Bertz CT molecular complexity index is 639. The molecule has 0 spiro atoms. The van der Waals surface area contributed by atoms with Gasteiger partial charge in [-0.05, 0) is 59.3 Å². The average molecular weight is 453 g/mol. The number of nitrogens with zero attached hydrogens (tertiary/aromatic N) is 1. The number of hydrogen-bond donors (Lipinski definition) is 3. The molecule has 2 aliphatic rings. The highest BCUT2D eigenvalue weighted by atomic mass is 79.9. The van der Waals surface area contributed by atoms with Gasteiger partial charge in [-0.1, -0.05) is 6.42 Å². The normalized spacial score (nSPS) is 19.9. The standard InChI is InChI=1S/C16H23BrN2O.C2HF3O2/c17-15-8-14(18-9-12-2-1-3-12)4-5-16(15)19-7-6-13(10-19)11-20;3-2(4,5)1(6)7/h4-5,8,12-13,18,20H,1-3,6-7,9-11H2;(H,6,7). The number of nitrogens with one attached hydrogen (secondary N) is 1. The summed E-state index contributed by atoms with van der Waals surface area (Å²) in [5, 5.41) is 19.9. The molecule has 1 aliphatic carbocycles. The monoisotopic (exact) mass is 452 g/mol. The average Bonchev–Trinajstić information content (AvgIpc) is 3.02. The van der Waals surface area contributed by atoms with Gasteiger partial charge in [0.2, 0.25) is 0 Å². The summed E-state index contributed by atoms with van der Waals surface area (Å²) in [6, 6.07) is 6.54. The summed E-state index contributed by atoms with van der Waals surface area (Å²) in [6.07, 6.45) is 0.158. The lowest BCUT2D eigenvalue weighted by atomic mass is 9.85. The SMILES string of the molecule is O=C(O)C(F)(F)F.OCC1CCN(c2ccc(NCC3CCC3)cc2Br)C1. The fraction of sp³-hybridized carbons (Fsp3) is 0.611. The molecule has 5 nitrogen and oxygen atoms in total. The van der Waals surface area contributed by atoms with Crippen LogP contribution in [-0.2, 0) is 4.79 Å². The zero-order valence-electron chi connectivity index (χ0n) is 14.8. The molecule has 152 valence electrons. The number of carbonyl (C=O) groups is 1. The number of carboxylic acid groups (broad SMARTS) is 1.